The molecule has 2 aromatic heterocycles. The van der Waals surface area contributed by atoms with Crippen molar-refractivity contribution >= 4 is 21.9 Å². The van der Waals surface area contributed by atoms with E-state index >= 15 is 0 Å². The van der Waals surface area contributed by atoms with E-state index in [1.54, 1.807) is 44.7 Å². The van der Waals surface area contributed by atoms with Crippen LogP contribution in [0.5, 0.6) is 23.0 Å². The summed E-state index contributed by atoms with van der Waals surface area (Å²) in [5, 5.41) is 1.62. The lowest BCUT2D eigenvalue weighted by molar-refractivity contribution is 0.355. The van der Waals surface area contributed by atoms with Crippen molar-refractivity contribution in [2.24, 2.45) is 0 Å². The molecule has 0 aliphatic rings. The van der Waals surface area contributed by atoms with Crippen LogP contribution in [0, 0.1) is 6.92 Å². The average molecular weight is 363 g/mol. The fourth-order valence-electron chi connectivity index (χ4n) is 3.03. The highest BCUT2D eigenvalue weighted by Crippen LogP contribution is 2.37. The molecule has 2 heterocycles. The maximum atomic E-state index is 11.5. The molecule has 0 N–H and O–H groups in total. The minimum absolute atomic E-state index is 0.366. The van der Waals surface area contributed by atoms with Gasteiger partial charge < -0.3 is 18.6 Å². The molecule has 6 nitrogen and oxygen atoms in total. The molecule has 136 valence electrons. The van der Waals surface area contributed by atoms with Gasteiger partial charge in [0.2, 0.25) is 0 Å². The highest BCUT2D eigenvalue weighted by molar-refractivity contribution is 5.88. The van der Waals surface area contributed by atoms with Gasteiger partial charge in [-0.2, -0.15) is 0 Å². The van der Waals surface area contributed by atoms with Gasteiger partial charge in [0.05, 0.1) is 19.7 Å². The number of pyridine rings is 1. The molecule has 2 aromatic carbocycles. The Kier molecular flexibility index (Phi) is 4.16. The number of hydrogen-bond acceptors (Lipinski definition) is 6. The first kappa shape index (κ1) is 16.9. The third-order valence-electron chi connectivity index (χ3n) is 4.36. The molecule has 0 amide bonds. The van der Waals surface area contributed by atoms with E-state index in [0.29, 0.717) is 28.6 Å². The van der Waals surface area contributed by atoms with E-state index in [2.05, 4.69) is 4.98 Å². The van der Waals surface area contributed by atoms with Crippen LogP contribution in [0.15, 0.2) is 57.9 Å². The average Bonchev–Trinajstić information content (AvgIpc) is 2.67. The van der Waals surface area contributed by atoms with E-state index in [1.807, 2.05) is 19.1 Å². The standard InChI is InChI=1S/C21H17NO5/c1-12-8-21(23)27-17-5-4-13(9-14(12)17)26-18-6-7-22-16-11-20(25-3)19(24-2)10-15(16)18/h4-11H,1-3H3. The van der Waals surface area contributed by atoms with Crippen molar-refractivity contribution < 1.29 is 18.6 Å². The fraction of sp³-hybridized carbons (Fsp3) is 0.143. The van der Waals surface area contributed by atoms with Crippen LogP contribution in [-0.4, -0.2) is 19.2 Å². The Balaban J connectivity index is 1.81. The second-order valence-electron chi connectivity index (χ2n) is 6.04. The Labute approximate surface area is 154 Å². The van der Waals surface area contributed by atoms with Crippen LogP contribution in [-0.2, 0) is 0 Å². The first-order chi connectivity index (χ1) is 13.1. The van der Waals surface area contributed by atoms with Crippen molar-refractivity contribution in [1.29, 1.82) is 0 Å². The molecule has 0 aliphatic carbocycles. The molecule has 0 bridgehead atoms. The number of fused-ring (bicyclic) bond motifs is 2. The second-order valence-corrected chi connectivity index (χ2v) is 6.04. The van der Waals surface area contributed by atoms with Gasteiger partial charge in [-0.15, -0.1) is 0 Å². The third kappa shape index (κ3) is 3.06. The number of aromatic nitrogens is 1. The summed E-state index contributed by atoms with van der Waals surface area (Å²) in [6, 6.07) is 12.2. The summed E-state index contributed by atoms with van der Waals surface area (Å²) in [5.41, 5.74) is 1.72. The van der Waals surface area contributed by atoms with Crippen LogP contribution < -0.4 is 19.8 Å². The molecule has 0 aliphatic heterocycles. The minimum atomic E-state index is -0.366. The van der Waals surface area contributed by atoms with Gasteiger partial charge in [-0.3, -0.25) is 4.98 Å². The number of ether oxygens (including phenoxy) is 3. The molecule has 4 rings (SSSR count). The van der Waals surface area contributed by atoms with Crippen LogP contribution in [0.25, 0.3) is 21.9 Å². The lowest BCUT2D eigenvalue weighted by Gasteiger charge is -2.12. The Hall–Kier alpha value is -3.54. The summed E-state index contributed by atoms with van der Waals surface area (Å²) >= 11 is 0. The van der Waals surface area contributed by atoms with Crippen molar-refractivity contribution in [1.82, 2.24) is 4.98 Å². The SMILES string of the molecule is COc1cc2nccc(Oc3ccc4oc(=O)cc(C)c4c3)c2cc1OC. The number of methoxy groups -OCH3 is 2. The zero-order chi connectivity index (χ0) is 19.0. The van der Waals surface area contributed by atoms with Gasteiger partial charge in [-0.1, -0.05) is 0 Å². The van der Waals surface area contributed by atoms with E-state index in [4.69, 9.17) is 18.6 Å². The monoisotopic (exact) mass is 363 g/mol. The third-order valence-corrected chi connectivity index (χ3v) is 4.36. The highest BCUT2D eigenvalue weighted by atomic mass is 16.5. The van der Waals surface area contributed by atoms with Crippen LogP contribution >= 0.6 is 0 Å². The molecule has 6 heteroatoms. The van der Waals surface area contributed by atoms with Crippen molar-refractivity contribution in [3.63, 3.8) is 0 Å². The number of rotatable bonds is 4. The number of aryl methyl sites for hydroxylation is 1. The Morgan fingerprint density at radius 3 is 2.44 bits per heavy atom. The number of benzene rings is 2. The summed E-state index contributed by atoms with van der Waals surface area (Å²) < 4.78 is 22.0. The lowest BCUT2D eigenvalue weighted by atomic mass is 10.1. The summed E-state index contributed by atoms with van der Waals surface area (Å²) in [6.45, 7) is 1.86. The molecule has 0 saturated heterocycles. The lowest BCUT2D eigenvalue weighted by Crippen LogP contribution is -1.98. The van der Waals surface area contributed by atoms with E-state index in [-0.39, 0.29) is 5.63 Å². The van der Waals surface area contributed by atoms with E-state index in [1.165, 1.54) is 6.07 Å². The summed E-state index contributed by atoms with van der Waals surface area (Å²) in [4.78, 5) is 15.9. The maximum Gasteiger partial charge on any atom is 0.336 e. The molecule has 27 heavy (non-hydrogen) atoms. The molecule has 0 atom stereocenters. The molecule has 0 spiro atoms. The second kappa shape index (κ2) is 6.64. The number of hydrogen-bond donors (Lipinski definition) is 0. The van der Waals surface area contributed by atoms with Crippen molar-refractivity contribution in [3.8, 4) is 23.0 Å². The van der Waals surface area contributed by atoms with Gasteiger partial charge in [0.25, 0.3) is 0 Å². The van der Waals surface area contributed by atoms with E-state index in [0.717, 1.165) is 21.9 Å². The van der Waals surface area contributed by atoms with Crippen LogP contribution in [0.1, 0.15) is 5.56 Å². The predicted molar refractivity (Wildman–Crippen MR) is 102 cm³/mol. The smallest absolute Gasteiger partial charge is 0.336 e. The predicted octanol–water partition coefficient (Wildman–Crippen LogP) is 4.46. The van der Waals surface area contributed by atoms with Crippen molar-refractivity contribution in [2.75, 3.05) is 14.2 Å². The largest absolute Gasteiger partial charge is 0.493 e. The minimum Gasteiger partial charge on any atom is -0.493 e. The van der Waals surface area contributed by atoms with Crippen LogP contribution in [0.2, 0.25) is 0 Å². The molecule has 0 radical (unpaired) electrons. The van der Waals surface area contributed by atoms with Crippen LogP contribution in [0.3, 0.4) is 0 Å². The molecule has 0 unspecified atom stereocenters. The van der Waals surface area contributed by atoms with E-state index in [9.17, 15) is 4.79 Å². The van der Waals surface area contributed by atoms with Gasteiger partial charge in [-0.25, -0.2) is 4.79 Å². The molecule has 4 aromatic rings. The summed E-state index contributed by atoms with van der Waals surface area (Å²) in [5.74, 6) is 2.46. The van der Waals surface area contributed by atoms with Crippen LogP contribution in [0.4, 0.5) is 0 Å². The fourth-order valence-corrected chi connectivity index (χ4v) is 3.03. The normalized spacial score (nSPS) is 10.9. The zero-order valence-electron chi connectivity index (χ0n) is 15.1. The summed E-state index contributed by atoms with van der Waals surface area (Å²) in [7, 11) is 3.17. The Bertz CT molecular complexity index is 1210. The zero-order valence-corrected chi connectivity index (χ0v) is 15.1. The summed E-state index contributed by atoms with van der Waals surface area (Å²) in [6.07, 6.45) is 1.68. The quantitative estimate of drug-likeness (QED) is 0.499. The Morgan fingerprint density at radius 2 is 1.67 bits per heavy atom. The maximum absolute atomic E-state index is 11.5. The van der Waals surface area contributed by atoms with Gasteiger partial charge in [0.15, 0.2) is 11.5 Å². The topological polar surface area (TPSA) is 70.8 Å². The van der Waals surface area contributed by atoms with E-state index < -0.39 is 0 Å². The van der Waals surface area contributed by atoms with Gasteiger partial charge in [-0.05, 0) is 42.8 Å². The molecular formula is C21H17NO5. The molecule has 0 saturated carbocycles. The number of nitrogens with zero attached hydrogens (tertiary/aromatic N) is 1. The first-order valence-electron chi connectivity index (χ1n) is 8.32. The molecule has 0 fully saturated rings. The van der Waals surface area contributed by atoms with Gasteiger partial charge in [0, 0.05) is 29.1 Å². The first-order valence-corrected chi connectivity index (χ1v) is 8.32. The molecular weight excluding hydrogens is 346 g/mol. The highest BCUT2D eigenvalue weighted by Gasteiger charge is 2.12. The Morgan fingerprint density at radius 1 is 0.889 bits per heavy atom. The van der Waals surface area contributed by atoms with Gasteiger partial charge in [0.1, 0.15) is 17.1 Å². The van der Waals surface area contributed by atoms with Crippen molar-refractivity contribution in [2.45, 2.75) is 6.92 Å². The van der Waals surface area contributed by atoms with Crippen molar-refractivity contribution in [3.05, 3.63) is 64.6 Å². The van der Waals surface area contributed by atoms with Gasteiger partial charge >= 0.3 is 5.63 Å².